The third-order valence-electron chi connectivity index (χ3n) is 5.52. The van der Waals surface area contributed by atoms with E-state index < -0.39 is 0 Å². The second-order valence-electron chi connectivity index (χ2n) is 7.50. The number of nitrogens with zero attached hydrogens (tertiary/aromatic N) is 4. The predicted molar refractivity (Wildman–Crippen MR) is 115 cm³/mol. The van der Waals surface area contributed by atoms with E-state index in [1.807, 2.05) is 30.3 Å². The van der Waals surface area contributed by atoms with Crippen molar-refractivity contribution in [1.29, 1.82) is 10.8 Å². The quantitative estimate of drug-likeness (QED) is 0.508. The maximum atomic E-state index is 13.1. The molecular weight excluding hydrogens is 376 g/mol. The van der Waals surface area contributed by atoms with Gasteiger partial charge in [-0.3, -0.25) is 25.5 Å². The van der Waals surface area contributed by atoms with Crippen LogP contribution in [0, 0.1) is 10.8 Å². The number of benzene rings is 1. The largest absolute Gasteiger partial charge is 0.313 e. The number of hydrogen-bond acceptors (Lipinski definition) is 5. The van der Waals surface area contributed by atoms with Crippen molar-refractivity contribution in [1.82, 2.24) is 14.9 Å². The fraction of sp³-hybridized carbons (Fsp3) is 0.174. The van der Waals surface area contributed by atoms with E-state index in [9.17, 15) is 4.79 Å². The summed E-state index contributed by atoms with van der Waals surface area (Å²) in [4.78, 5) is 25.0. The van der Waals surface area contributed by atoms with Gasteiger partial charge in [-0.15, -0.1) is 0 Å². The minimum Gasteiger partial charge on any atom is -0.313 e. The molecule has 0 saturated heterocycles. The van der Waals surface area contributed by atoms with Gasteiger partial charge in [-0.1, -0.05) is 18.2 Å². The van der Waals surface area contributed by atoms with Crippen molar-refractivity contribution >= 4 is 23.9 Å². The number of anilines is 1. The van der Waals surface area contributed by atoms with Crippen LogP contribution in [0.4, 0.5) is 5.82 Å². The lowest BCUT2D eigenvalue weighted by atomic mass is 10.0. The second-order valence-corrected chi connectivity index (χ2v) is 7.50. The van der Waals surface area contributed by atoms with Crippen molar-refractivity contribution in [3.63, 3.8) is 0 Å². The molecule has 1 aliphatic carbocycles. The van der Waals surface area contributed by atoms with Crippen LogP contribution >= 0.6 is 0 Å². The first-order valence-corrected chi connectivity index (χ1v) is 9.86. The van der Waals surface area contributed by atoms with E-state index >= 15 is 0 Å². The Bertz CT molecular complexity index is 1160. The molecule has 3 aromatic rings. The first-order valence-electron chi connectivity index (χ1n) is 9.86. The molecule has 0 radical (unpaired) electrons. The van der Waals surface area contributed by atoms with Gasteiger partial charge in [0.15, 0.2) is 5.84 Å². The Balaban J connectivity index is 1.43. The van der Waals surface area contributed by atoms with Gasteiger partial charge in [0.25, 0.3) is 5.91 Å². The van der Waals surface area contributed by atoms with Crippen molar-refractivity contribution in [3.8, 4) is 11.1 Å². The molecule has 5 rings (SSSR count). The lowest BCUT2D eigenvalue weighted by Gasteiger charge is -2.20. The fourth-order valence-corrected chi connectivity index (χ4v) is 3.75. The van der Waals surface area contributed by atoms with Gasteiger partial charge in [0.2, 0.25) is 0 Å². The van der Waals surface area contributed by atoms with Crippen LogP contribution in [0.3, 0.4) is 0 Å². The minimum absolute atomic E-state index is 0.0943. The van der Waals surface area contributed by atoms with Crippen LogP contribution in [0.5, 0.6) is 0 Å². The monoisotopic (exact) mass is 396 g/mol. The van der Waals surface area contributed by atoms with E-state index in [4.69, 9.17) is 10.8 Å². The summed E-state index contributed by atoms with van der Waals surface area (Å²) in [7, 11) is 0. The molecule has 2 aliphatic rings. The van der Waals surface area contributed by atoms with Gasteiger partial charge in [0.1, 0.15) is 11.5 Å². The molecule has 1 fully saturated rings. The molecule has 1 amide bonds. The Morgan fingerprint density at radius 3 is 2.63 bits per heavy atom. The average molecular weight is 396 g/mol. The van der Waals surface area contributed by atoms with Gasteiger partial charge in [0.05, 0.1) is 12.9 Å². The summed E-state index contributed by atoms with van der Waals surface area (Å²) in [5, 5.41) is 16.0. The summed E-state index contributed by atoms with van der Waals surface area (Å²) >= 11 is 0. The fourth-order valence-electron chi connectivity index (χ4n) is 3.75. The molecule has 1 aromatic carbocycles. The Kier molecular flexibility index (Phi) is 4.35. The third-order valence-corrected chi connectivity index (χ3v) is 5.52. The Morgan fingerprint density at radius 1 is 1.10 bits per heavy atom. The molecule has 3 heterocycles. The van der Waals surface area contributed by atoms with E-state index in [1.54, 1.807) is 40.4 Å². The lowest BCUT2D eigenvalue weighted by molar-refractivity contribution is 0.0996. The smallest absolute Gasteiger partial charge is 0.260 e. The molecule has 2 aromatic heterocycles. The Morgan fingerprint density at radius 2 is 1.90 bits per heavy atom. The molecule has 0 spiro atoms. The van der Waals surface area contributed by atoms with Gasteiger partial charge < -0.3 is 4.90 Å². The van der Waals surface area contributed by atoms with Crippen molar-refractivity contribution in [2.45, 2.75) is 25.4 Å². The number of amidine groups is 1. The van der Waals surface area contributed by atoms with E-state index in [0.717, 1.165) is 29.5 Å². The van der Waals surface area contributed by atoms with Crippen molar-refractivity contribution < 1.29 is 4.79 Å². The molecule has 7 heteroatoms. The van der Waals surface area contributed by atoms with Crippen molar-refractivity contribution in [3.05, 3.63) is 77.7 Å². The highest BCUT2D eigenvalue weighted by molar-refractivity contribution is 6.10. The van der Waals surface area contributed by atoms with E-state index in [-0.39, 0.29) is 17.8 Å². The zero-order valence-electron chi connectivity index (χ0n) is 16.2. The topological polar surface area (TPSA) is 97.0 Å². The highest BCUT2D eigenvalue weighted by Crippen LogP contribution is 2.31. The summed E-state index contributed by atoms with van der Waals surface area (Å²) in [6.45, 7) is 0.450. The van der Waals surface area contributed by atoms with Crippen molar-refractivity contribution in [2.75, 3.05) is 4.90 Å². The van der Waals surface area contributed by atoms with Crippen LogP contribution in [0.25, 0.3) is 11.1 Å². The van der Waals surface area contributed by atoms with E-state index in [1.165, 1.54) is 6.34 Å². The molecule has 7 nitrogen and oxygen atoms in total. The van der Waals surface area contributed by atoms with Crippen LogP contribution in [0.15, 0.2) is 60.9 Å². The van der Waals surface area contributed by atoms with Crippen LogP contribution in [-0.2, 0) is 6.54 Å². The summed E-state index contributed by atoms with van der Waals surface area (Å²) in [5.41, 5.74) is 4.08. The molecule has 0 bridgehead atoms. The lowest BCUT2D eigenvalue weighted by Crippen LogP contribution is -2.32. The molecule has 30 heavy (non-hydrogen) atoms. The summed E-state index contributed by atoms with van der Waals surface area (Å²) < 4.78 is 0. The SMILES string of the molecule is N=CN(C(=N)c1cccc(N2Cc3ccc(-c4ccncc4)cc3C2=O)n1)C1CC1. The van der Waals surface area contributed by atoms with Crippen LogP contribution in [0.2, 0.25) is 0 Å². The number of fused-ring (bicyclic) bond motifs is 1. The summed E-state index contributed by atoms with van der Waals surface area (Å²) in [6.07, 6.45) is 6.63. The highest BCUT2D eigenvalue weighted by Gasteiger charge is 2.32. The Labute approximate surface area is 174 Å². The second kappa shape index (κ2) is 7.18. The van der Waals surface area contributed by atoms with Gasteiger partial charge in [-0.05, 0) is 59.9 Å². The number of carbonyl (C=O) groups excluding carboxylic acids is 1. The third kappa shape index (κ3) is 3.14. The van der Waals surface area contributed by atoms with Gasteiger partial charge in [-0.2, -0.15) is 0 Å². The minimum atomic E-state index is -0.0943. The number of hydrogen-bond donors (Lipinski definition) is 2. The summed E-state index contributed by atoms with van der Waals surface area (Å²) in [6, 6.07) is 15.3. The average Bonchev–Trinajstić information content (AvgIpc) is 3.58. The number of carbonyl (C=O) groups is 1. The van der Waals surface area contributed by atoms with Crippen LogP contribution in [-0.4, -0.2) is 39.0 Å². The standard InChI is InChI=1S/C23H20N6O/c24-14-29(18-6-7-18)22(25)20-2-1-3-21(27-20)28-13-17-5-4-16(12-19(17)23(28)30)15-8-10-26-11-9-15/h1-5,8-12,14,18,24-25H,6-7,13H2. The normalized spacial score (nSPS) is 15.1. The Hall–Kier alpha value is -3.87. The molecule has 2 N–H and O–H groups in total. The van der Waals surface area contributed by atoms with Crippen LogP contribution < -0.4 is 4.90 Å². The van der Waals surface area contributed by atoms with Gasteiger partial charge in [-0.25, -0.2) is 4.98 Å². The van der Waals surface area contributed by atoms with E-state index in [0.29, 0.717) is 23.6 Å². The molecule has 1 aliphatic heterocycles. The number of pyridine rings is 2. The number of amides is 1. The first-order chi connectivity index (χ1) is 14.7. The van der Waals surface area contributed by atoms with E-state index in [2.05, 4.69) is 9.97 Å². The number of rotatable bonds is 5. The predicted octanol–water partition coefficient (Wildman–Crippen LogP) is 3.70. The molecule has 148 valence electrons. The molecule has 0 unspecified atom stereocenters. The maximum Gasteiger partial charge on any atom is 0.260 e. The van der Waals surface area contributed by atoms with Gasteiger partial charge in [0, 0.05) is 24.0 Å². The number of aromatic nitrogens is 2. The molecule has 1 saturated carbocycles. The van der Waals surface area contributed by atoms with Gasteiger partial charge >= 0.3 is 0 Å². The zero-order chi connectivity index (χ0) is 20.7. The zero-order valence-corrected chi connectivity index (χ0v) is 16.2. The molecular formula is C23H20N6O. The van der Waals surface area contributed by atoms with Crippen molar-refractivity contribution in [2.24, 2.45) is 0 Å². The molecule has 0 atom stereocenters. The summed E-state index contributed by atoms with van der Waals surface area (Å²) in [5.74, 6) is 0.617. The number of nitrogens with one attached hydrogen (secondary N) is 2. The first kappa shape index (κ1) is 18.2. The maximum absolute atomic E-state index is 13.1. The highest BCUT2D eigenvalue weighted by atomic mass is 16.2. The van der Waals surface area contributed by atoms with Crippen LogP contribution in [0.1, 0.15) is 34.5 Å².